The number of nitro groups is 1. The molecule has 1 aliphatic heterocycles. The first kappa shape index (κ1) is 22.0. The second kappa shape index (κ2) is 8.40. The van der Waals surface area contributed by atoms with Gasteiger partial charge >= 0.3 is 0 Å². The van der Waals surface area contributed by atoms with Crippen LogP contribution in [0.4, 0.5) is 22.7 Å². The van der Waals surface area contributed by atoms with E-state index in [1.807, 2.05) is 30.3 Å². The fraction of sp³-hybridized carbons (Fsp3) is 0.0870. The second-order valence-electron chi connectivity index (χ2n) is 7.46. The molecule has 3 aromatic rings. The minimum absolute atomic E-state index is 0.122. The zero-order valence-electron chi connectivity index (χ0n) is 17.8. The Morgan fingerprint density at radius 1 is 1.03 bits per heavy atom. The predicted molar refractivity (Wildman–Crippen MR) is 128 cm³/mol. The molecule has 0 aliphatic carbocycles. The lowest BCUT2D eigenvalue weighted by Crippen LogP contribution is -2.24. The number of nitrogens with zero attached hydrogens (tertiary/aromatic N) is 2. The number of carbonyl (C=O) groups is 1. The minimum Gasteiger partial charge on any atom is -0.354 e. The predicted octanol–water partition coefficient (Wildman–Crippen LogP) is 3.92. The Morgan fingerprint density at radius 2 is 1.70 bits per heavy atom. The van der Waals surface area contributed by atoms with Crippen LogP contribution in [0.2, 0.25) is 0 Å². The molecular weight excluding hydrogens is 444 g/mol. The number of sulfonamides is 1. The van der Waals surface area contributed by atoms with Gasteiger partial charge in [0.15, 0.2) is 0 Å². The summed E-state index contributed by atoms with van der Waals surface area (Å²) in [7, 11) is -1.94. The molecular formula is C23H20N4O5S. The Hall–Kier alpha value is -4.18. The molecule has 0 fully saturated rings. The van der Waals surface area contributed by atoms with Gasteiger partial charge < -0.3 is 10.6 Å². The Morgan fingerprint density at radius 3 is 2.30 bits per heavy atom. The molecule has 1 amide bonds. The highest BCUT2D eigenvalue weighted by atomic mass is 32.2. The van der Waals surface area contributed by atoms with Crippen molar-refractivity contribution in [3.05, 3.63) is 94.0 Å². The van der Waals surface area contributed by atoms with Gasteiger partial charge in [-0.25, -0.2) is 8.42 Å². The molecule has 1 heterocycles. The molecule has 0 unspecified atom stereocenters. The number of non-ortho nitro benzene ring substituents is 1. The first-order valence-electron chi connectivity index (χ1n) is 9.86. The molecule has 33 heavy (non-hydrogen) atoms. The Balaban J connectivity index is 1.82. The molecule has 9 nitrogen and oxygen atoms in total. The third kappa shape index (κ3) is 4.41. The highest BCUT2D eigenvalue weighted by Gasteiger charge is 2.30. The summed E-state index contributed by atoms with van der Waals surface area (Å²) >= 11 is 0. The van der Waals surface area contributed by atoms with Gasteiger partial charge in [-0.2, -0.15) is 0 Å². The van der Waals surface area contributed by atoms with E-state index in [1.165, 1.54) is 25.2 Å². The summed E-state index contributed by atoms with van der Waals surface area (Å²) in [6.07, 6.45) is 1.12. The summed E-state index contributed by atoms with van der Waals surface area (Å²) in [6.45, 7) is 0. The largest absolute Gasteiger partial charge is 0.354 e. The van der Waals surface area contributed by atoms with E-state index in [1.54, 1.807) is 24.3 Å². The van der Waals surface area contributed by atoms with Gasteiger partial charge in [-0.1, -0.05) is 30.3 Å². The molecule has 3 aromatic carbocycles. The number of hydrogen-bond acceptors (Lipinski definition) is 6. The Bertz CT molecular complexity index is 1380. The van der Waals surface area contributed by atoms with Crippen LogP contribution in [0.1, 0.15) is 11.1 Å². The molecule has 4 rings (SSSR count). The summed E-state index contributed by atoms with van der Waals surface area (Å²) in [6, 6.07) is 20.0. The van der Waals surface area contributed by atoms with Crippen LogP contribution in [-0.4, -0.2) is 32.6 Å². The lowest BCUT2D eigenvalue weighted by atomic mass is 9.99. The smallest absolute Gasteiger partial charge is 0.270 e. The average molecular weight is 465 g/mol. The van der Waals surface area contributed by atoms with Crippen LogP contribution in [0.3, 0.4) is 0 Å². The quantitative estimate of drug-likeness (QED) is 0.324. The molecule has 0 atom stereocenters. The number of benzene rings is 3. The van der Waals surface area contributed by atoms with Crippen molar-refractivity contribution in [1.29, 1.82) is 0 Å². The topological polar surface area (TPSA) is 122 Å². The van der Waals surface area contributed by atoms with Crippen LogP contribution in [0, 0.1) is 10.1 Å². The average Bonchev–Trinajstić information content (AvgIpc) is 3.12. The van der Waals surface area contributed by atoms with Gasteiger partial charge in [-0.05, 0) is 35.9 Å². The number of fused-ring (bicyclic) bond motifs is 1. The fourth-order valence-corrected chi connectivity index (χ4v) is 4.00. The number of rotatable bonds is 6. The van der Waals surface area contributed by atoms with Crippen LogP contribution in [0.25, 0.3) is 11.3 Å². The molecule has 0 bridgehead atoms. The highest BCUT2D eigenvalue weighted by molar-refractivity contribution is 7.92. The first-order valence-corrected chi connectivity index (χ1v) is 11.7. The lowest BCUT2D eigenvalue weighted by Gasteiger charge is -2.18. The molecule has 0 saturated carbocycles. The molecule has 0 aromatic heterocycles. The zero-order valence-corrected chi connectivity index (χ0v) is 18.6. The number of nitro benzene ring substituents is 1. The van der Waals surface area contributed by atoms with Gasteiger partial charge in [0.25, 0.3) is 11.6 Å². The van der Waals surface area contributed by atoms with Gasteiger partial charge in [0, 0.05) is 36.1 Å². The summed E-state index contributed by atoms with van der Waals surface area (Å²) < 4.78 is 24.7. The van der Waals surface area contributed by atoms with Crippen molar-refractivity contribution in [3.63, 3.8) is 0 Å². The molecule has 168 valence electrons. The van der Waals surface area contributed by atoms with E-state index in [2.05, 4.69) is 10.6 Å². The maximum absolute atomic E-state index is 12.9. The molecule has 0 spiro atoms. The van der Waals surface area contributed by atoms with E-state index in [4.69, 9.17) is 0 Å². The summed E-state index contributed by atoms with van der Waals surface area (Å²) in [4.78, 5) is 23.7. The minimum atomic E-state index is -3.40. The van der Waals surface area contributed by atoms with Gasteiger partial charge in [-0.15, -0.1) is 0 Å². The van der Waals surface area contributed by atoms with Crippen LogP contribution < -0.4 is 14.9 Å². The van der Waals surface area contributed by atoms with Gasteiger partial charge in [0.2, 0.25) is 10.0 Å². The van der Waals surface area contributed by atoms with Crippen LogP contribution >= 0.6 is 0 Å². The van der Waals surface area contributed by atoms with E-state index in [0.29, 0.717) is 33.9 Å². The number of carbonyl (C=O) groups excluding carboxylic acids is 1. The van der Waals surface area contributed by atoms with E-state index < -0.39 is 14.9 Å². The highest BCUT2D eigenvalue weighted by Crippen LogP contribution is 2.39. The van der Waals surface area contributed by atoms with Crippen LogP contribution in [-0.2, 0) is 14.8 Å². The lowest BCUT2D eigenvalue weighted by molar-refractivity contribution is -0.384. The zero-order chi connectivity index (χ0) is 23.8. The monoisotopic (exact) mass is 464 g/mol. The number of amides is 1. The van der Waals surface area contributed by atoms with Gasteiger partial charge in [0.05, 0.1) is 28.1 Å². The van der Waals surface area contributed by atoms with Gasteiger partial charge in [0.1, 0.15) is 0 Å². The van der Waals surface area contributed by atoms with Crippen LogP contribution in [0.5, 0.6) is 0 Å². The maximum Gasteiger partial charge on any atom is 0.270 e. The van der Waals surface area contributed by atoms with Crippen molar-refractivity contribution in [2.24, 2.45) is 0 Å². The SMILES string of the molecule is CN(c1ccc(N/C(=C2\C(=O)Nc3ccc([N+](=O)[O-])cc32)c2ccccc2)cc1)S(C)(=O)=O. The number of anilines is 3. The summed E-state index contributed by atoms with van der Waals surface area (Å²) in [5.74, 6) is -0.384. The second-order valence-corrected chi connectivity index (χ2v) is 9.47. The van der Waals surface area contributed by atoms with Crippen molar-refractivity contribution in [2.45, 2.75) is 0 Å². The number of nitrogens with one attached hydrogen (secondary N) is 2. The van der Waals surface area contributed by atoms with Crippen molar-refractivity contribution < 1.29 is 18.1 Å². The van der Waals surface area contributed by atoms with E-state index in [0.717, 1.165) is 10.6 Å². The van der Waals surface area contributed by atoms with Crippen molar-refractivity contribution in [2.75, 3.05) is 28.2 Å². The third-order valence-corrected chi connectivity index (χ3v) is 6.47. The Kier molecular flexibility index (Phi) is 5.60. The summed E-state index contributed by atoms with van der Waals surface area (Å²) in [5.41, 5.74) is 3.33. The normalized spacial score (nSPS) is 14.3. The molecule has 1 aliphatic rings. The molecule has 0 saturated heterocycles. The van der Waals surface area contributed by atoms with Crippen molar-refractivity contribution >= 4 is 50.0 Å². The Labute approximate surface area is 190 Å². The first-order chi connectivity index (χ1) is 15.6. The summed E-state index contributed by atoms with van der Waals surface area (Å²) in [5, 5.41) is 17.3. The number of hydrogen-bond donors (Lipinski definition) is 2. The van der Waals surface area contributed by atoms with Crippen LogP contribution in [0.15, 0.2) is 72.8 Å². The van der Waals surface area contributed by atoms with E-state index in [9.17, 15) is 23.3 Å². The standard InChI is InChI=1S/C23H20N4O5S/c1-26(33(2,31)32)17-10-8-16(9-11-17)24-22(15-6-4-3-5-7-15)21-19-14-18(27(29)30)12-13-20(19)25-23(21)28/h3-14,24H,1-2H3,(H,25,28)/b22-21-. The fourth-order valence-electron chi connectivity index (χ4n) is 3.49. The molecule has 2 N–H and O–H groups in total. The molecule has 10 heteroatoms. The maximum atomic E-state index is 12.9. The van der Waals surface area contributed by atoms with Gasteiger partial charge in [-0.3, -0.25) is 19.2 Å². The molecule has 0 radical (unpaired) electrons. The van der Waals surface area contributed by atoms with Crippen molar-refractivity contribution in [1.82, 2.24) is 0 Å². The van der Waals surface area contributed by atoms with E-state index in [-0.39, 0.29) is 17.2 Å². The van der Waals surface area contributed by atoms with E-state index >= 15 is 0 Å². The third-order valence-electron chi connectivity index (χ3n) is 5.27. The van der Waals surface area contributed by atoms with Crippen molar-refractivity contribution in [3.8, 4) is 0 Å².